The maximum absolute atomic E-state index is 13.0. The average Bonchev–Trinajstić information content (AvgIpc) is 3.27. The van der Waals surface area contributed by atoms with Crippen molar-refractivity contribution < 1.29 is 19.0 Å². The highest BCUT2D eigenvalue weighted by atomic mass is 79.9. The van der Waals surface area contributed by atoms with Gasteiger partial charge >= 0.3 is 0 Å². The minimum Gasteiger partial charge on any atom is -0.490 e. The molecule has 0 aliphatic rings. The SMILES string of the molecule is CCOc1cc(C(=O)NCCSc2c(-c3ccc(Br)cc3)[nH]c3ccccc23)cc(OCC)c1OCC. The van der Waals surface area contributed by atoms with Crippen LogP contribution in [0.25, 0.3) is 22.2 Å². The second-order valence-electron chi connectivity index (χ2n) is 8.09. The number of amides is 1. The standard InChI is InChI=1S/C29H31BrN2O4S/c1-4-34-24-17-20(18-25(35-5-2)27(24)36-6-3)29(33)31-15-16-37-28-22-9-7-8-10-23(22)32-26(28)19-11-13-21(30)14-12-19/h7-14,17-18,32H,4-6,15-16H2,1-3H3,(H,31,33). The molecule has 0 aliphatic heterocycles. The van der Waals surface area contributed by atoms with E-state index in [1.165, 1.54) is 10.3 Å². The van der Waals surface area contributed by atoms with Crippen LogP contribution in [0.5, 0.6) is 17.2 Å². The molecule has 0 spiro atoms. The highest BCUT2D eigenvalue weighted by molar-refractivity contribution is 9.10. The summed E-state index contributed by atoms with van der Waals surface area (Å²) in [6, 6.07) is 20.0. The van der Waals surface area contributed by atoms with Crippen LogP contribution in [0, 0.1) is 0 Å². The van der Waals surface area contributed by atoms with E-state index in [-0.39, 0.29) is 5.91 Å². The number of ether oxygens (including phenoxy) is 3. The van der Waals surface area contributed by atoms with E-state index in [1.807, 2.05) is 45.0 Å². The van der Waals surface area contributed by atoms with Crippen LogP contribution in [0.4, 0.5) is 0 Å². The van der Waals surface area contributed by atoms with Gasteiger partial charge in [-0.25, -0.2) is 0 Å². The fourth-order valence-corrected chi connectivity index (χ4v) is 5.34. The third-order valence-electron chi connectivity index (χ3n) is 5.60. The highest BCUT2D eigenvalue weighted by Gasteiger charge is 2.19. The topological polar surface area (TPSA) is 72.6 Å². The van der Waals surface area contributed by atoms with Crippen molar-refractivity contribution in [1.29, 1.82) is 0 Å². The average molecular weight is 584 g/mol. The number of benzene rings is 3. The van der Waals surface area contributed by atoms with Gasteiger partial charge in [0.1, 0.15) is 0 Å². The molecule has 0 saturated heterocycles. The molecular formula is C29H31BrN2O4S. The van der Waals surface area contributed by atoms with Crippen LogP contribution in [0.2, 0.25) is 0 Å². The van der Waals surface area contributed by atoms with Crippen molar-refractivity contribution in [3.05, 3.63) is 70.7 Å². The summed E-state index contributed by atoms with van der Waals surface area (Å²) in [4.78, 5) is 17.8. The molecule has 6 nitrogen and oxygen atoms in total. The third-order valence-corrected chi connectivity index (χ3v) is 7.25. The van der Waals surface area contributed by atoms with Crippen molar-refractivity contribution in [2.45, 2.75) is 25.7 Å². The van der Waals surface area contributed by atoms with Crippen molar-refractivity contribution in [3.63, 3.8) is 0 Å². The van der Waals surface area contributed by atoms with Gasteiger partial charge in [0.15, 0.2) is 11.5 Å². The molecule has 0 radical (unpaired) electrons. The van der Waals surface area contributed by atoms with Gasteiger partial charge in [0.05, 0.1) is 25.5 Å². The summed E-state index contributed by atoms with van der Waals surface area (Å²) in [5.74, 6) is 2.07. The Morgan fingerprint density at radius 2 is 1.57 bits per heavy atom. The van der Waals surface area contributed by atoms with Crippen LogP contribution in [-0.4, -0.2) is 43.0 Å². The number of thioether (sulfide) groups is 1. The molecule has 8 heteroatoms. The van der Waals surface area contributed by atoms with Crippen LogP contribution < -0.4 is 19.5 Å². The zero-order valence-electron chi connectivity index (χ0n) is 21.2. The predicted molar refractivity (Wildman–Crippen MR) is 154 cm³/mol. The van der Waals surface area contributed by atoms with Gasteiger partial charge in [0, 0.05) is 38.1 Å². The van der Waals surface area contributed by atoms with E-state index in [1.54, 1.807) is 23.9 Å². The molecule has 0 unspecified atom stereocenters. The van der Waals surface area contributed by atoms with Crippen LogP contribution >= 0.6 is 27.7 Å². The largest absolute Gasteiger partial charge is 0.490 e. The number of para-hydroxylation sites is 1. The van der Waals surface area contributed by atoms with Gasteiger partial charge in [-0.15, -0.1) is 11.8 Å². The minimum absolute atomic E-state index is 0.183. The maximum Gasteiger partial charge on any atom is 0.251 e. The van der Waals surface area contributed by atoms with Crippen molar-refractivity contribution in [1.82, 2.24) is 10.3 Å². The molecule has 0 saturated carbocycles. The first kappa shape index (κ1) is 26.9. The predicted octanol–water partition coefficient (Wildman–Crippen LogP) is 7.32. The first-order valence-corrected chi connectivity index (χ1v) is 14.2. The molecule has 4 rings (SSSR count). The Morgan fingerprint density at radius 1 is 0.919 bits per heavy atom. The fraction of sp³-hybridized carbons (Fsp3) is 0.276. The fourth-order valence-electron chi connectivity index (χ4n) is 4.03. The Morgan fingerprint density at radius 3 is 2.22 bits per heavy atom. The Balaban J connectivity index is 1.48. The summed E-state index contributed by atoms with van der Waals surface area (Å²) in [7, 11) is 0. The number of rotatable bonds is 12. The van der Waals surface area contributed by atoms with Crippen molar-refractivity contribution in [3.8, 4) is 28.5 Å². The molecular weight excluding hydrogens is 552 g/mol. The van der Waals surface area contributed by atoms with Crippen LogP contribution in [0.1, 0.15) is 31.1 Å². The molecule has 37 heavy (non-hydrogen) atoms. The maximum atomic E-state index is 13.0. The number of carbonyl (C=O) groups is 1. The smallest absolute Gasteiger partial charge is 0.251 e. The summed E-state index contributed by atoms with van der Waals surface area (Å²) in [6.07, 6.45) is 0. The number of halogens is 1. The summed E-state index contributed by atoms with van der Waals surface area (Å²) < 4.78 is 18.3. The van der Waals surface area contributed by atoms with Gasteiger partial charge < -0.3 is 24.5 Å². The van der Waals surface area contributed by atoms with E-state index in [9.17, 15) is 4.79 Å². The van der Waals surface area contributed by atoms with E-state index < -0.39 is 0 Å². The monoisotopic (exact) mass is 582 g/mol. The molecule has 0 fully saturated rings. The summed E-state index contributed by atoms with van der Waals surface area (Å²) in [5, 5.41) is 4.21. The number of carbonyl (C=O) groups excluding carboxylic acids is 1. The highest BCUT2D eigenvalue weighted by Crippen LogP contribution is 2.40. The quantitative estimate of drug-likeness (QED) is 0.135. The first-order valence-electron chi connectivity index (χ1n) is 12.4. The summed E-state index contributed by atoms with van der Waals surface area (Å²) in [6.45, 7) is 7.58. The molecule has 3 aromatic carbocycles. The van der Waals surface area contributed by atoms with E-state index in [0.717, 1.165) is 21.2 Å². The number of fused-ring (bicyclic) bond motifs is 1. The molecule has 1 aromatic heterocycles. The Bertz CT molecular complexity index is 1330. The second kappa shape index (κ2) is 12.9. The van der Waals surface area contributed by atoms with Crippen molar-refractivity contribution in [2.75, 3.05) is 32.1 Å². The van der Waals surface area contributed by atoms with E-state index in [4.69, 9.17) is 14.2 Å². The number of hydrogen-bond donors (Lipinski definition) is 2. The third kappa shape index (κ3) is 6.43. The van der Waals surface area contributed by atoms with E-state index in [0.29, 0.717) is 54.9 Å². The zero-order valence-corrected chi connectivity index (χ0v) is 23.6. The lowest BCUT2D eigenvalue weighted by atomic mass is 10.1. The van der Waals surface area contributed by atoms with Gasteiger partial charge in [0.25, 0.3) is 5.91 Å². The lowest BCUT2D eigenvalue weighted by Crippen LogP contribution is -2.26. The Hall–Kier alpha value is -3.10. The second-order valence-corrected chi connectivity index (χ2v) is 10.1. The molecule has 4 aromatic rings. The lowest BCUT2D eigenvalue weighted by molar-refractivity contribution is 0.0955. The van der Waals surface area contributed by atoms with Crippen LogP contribution in [0.15, 0.2) is 70.0 Å². The number of H-pyrrole nitrogens is 1. The molecule has 0 bridgehead atoms. The lowest BCUT2D eigenvalue weighted by Gasteiger charge is -2.17. The van der Waals surface area contributed by atoms with E-state index >= 15 is 0 Å². The van der Waals surface area contributed by atoms with Crippen LogP contribution in [-0.2, 0) is 0 Å². The van der Waals surface area contributed by atoms with E-state index in [2.05, 4.69) is 50.5 Å². The normalized spacial score (nSPS) is 10.9. The zero-order chi connectivity index (χ0) is 26.2. The summed E-state index contributed by atoms with van der Waals surface area (Å²) >= 11 is 5.24. The van der Waals surface area contributed by atoms with Crippen molar-refractivity contribution >= 4 is 44.5 Å². The molecule has 0 aliphatic carbocycles. The number of nitrogens with one attached hydrogen (secondary N) is 2. The number of aromatic nitrogens is 1. The van der Waals surface area contributed by atoms with Gasteiger partial charge in [0.2, 0.25) is 5.75 Å². The molecule has 1 amide bonds. The molecule has 0 atom stereocenters. The van der Waals surface area contributed by atoms with Gasteiger partial charge in [-0.3, -0.25) is 4.79 Å². The van der Waals surface area contributed by atoms with Crippen LogP contribution in [0.3, 0.4) is 0 Å². The number of aromatic amines is 1. The minimum atomic E-state index is -0.183. The Labute approximate surface area is 230 Å². The molecule has 2 N–H and O–H groups in total. The first-order chi connectivity index (χ1) is 18.0. The van der Waals surface area contributed by atoms with Crippen molar-refractivity contribution in [2.24, 2.45) is 0 Å². The number of hydrogen-bond acceptors (Lipinski definition) is 5. The molecule has 1 heterocycles. The van der Waals surface area contributed by atoms with Gasteiger partial charge in [-0.05, 0) is 56.7 Å². The van der Waals surface area contributed by atoms with Gasteiger partial charge in [-0.1, -0.05) is 46.3 Å². The van der Waals surface area contributed by atoms with Gasteiger partial charge in [-0.2, -0.15) is 0 Å². The Kier molecular flexibility index (Phi) is 9.41. The summed E-state index contributed by atoms with van der Waals surface area (Å²) in [5.41, 5.74) is 3.77. The molecule has 194 valence electrons.